The Morgan fingerprint density at radius 3 is 2.36 bits per heavy atom. The highest BCUT2D eigenvalue weighted by Gasteiger charge is 2.13. The Labute approximate surface area is 132 Å². The zero-order valence-corrected chi connectivity index (χ0v) is 13.9. The monoisotopic (exact) mass is 306 g/mol. The summed E-state index contributed by atoms with van der Waals surface area (Å²) in [7, 11) is 1.60. The minimum atomic E-state index is -0.0832. The molecule has 0 aliphatic heterocycles. The van der Waals surface area contributed by atoms with Crippen molar-refractivity contribution >= 4 is 17.5 Å². The Bertz CT molecular complexity index is 483. The first-order chi connectivity index (χ1) is 10.4. The number of hydrogen-bond donors (Lipinski definition) is 1. The molecule has 122 valence electrons. The van der Waals surface area contributed by atoms with Crippen molar-refractivity contribution in [3.05, 3.63) is 24.3 Å². The van der Waals surface area contributed by atoms with Gasteiger partial charge >= 0.3 is 0 Å². The van der Waals surface area contributed by atoms with Crippen LogP contribution in [-0.4, -0.2) is 32.0 Å². The molecule has 22 heavy (non-hydrogen) atoms. The summed E-state index contributed by atoms with van der Waals surface area (Å²) in [6.45, 7) is 6.79. The van der Waals surface area contributed by atoms with E-state index in [-0.39, 0.29) is 11.8 Å². The number of methoxy groups -OCH3 is 1. The summed E-state index contributed by atoms with van der Waals surface area (Å²) >= 11 is 0. The second kappa shape index (κ2) is 9.07. The number of nitrogens with one attached hydrogen (secondary N) is 1. The molecule has 0 saturated heterocycles. The van der Waals surface area contributed by atoms with E-state index in [0.29, 0.717) is 25.4 Å². The summed E-state index contributed by atoms with van der Waals surface area (Å²) in [5.74, 6) is 1.19. The van der Waals surface area contributed by atoms with Gasteiger partial charge in [-0.2, -0.15) is 0 Å². The minimum absolute atomic E-state index is 0.0274. The van der Waals surface area contributed by atoms with Gasteiger partial charge in [-0.3, -0.25) is 9.59 Å². The molecule has 5 heteroatoms. The third-order valence-corrected chi connectivity index (χ3v) is 3.37. The lowest BCUT2D eigenvalue weighted by molar-refractivity contribution is -0.121. The molecule has 2 amide bonds. The van der Waals surface area contributed by atoms with Crippen LogP contribution in [0.4, 0.5) is 5.69 Å². The van der Waals surface area contributed by atoms with Crippen LogP contribution in [0.25, 0.3) is 0 Å². The van der Waals surface area contributed by atoms with Gasteiger partial charge in [-0.05, 0) is 36.6 Å². The van der Waals surface area contributed by atoms with E-state index in [1.54, 1.807) is 24.1 Å². The van der Waals surface area contributed by atoms with Crippen molar-refractivity contribution in [2.24, 2.45) is 5.92 Å². The van der Waals surface area contributed by atoms with Gasteiger partial charge in [0.1, 0.15) is 5.75 Å². The molecule has 5 nitrogen and oxygen atoms in total. The quantitative estimate of drug-likeness (QED) is 0.803. The van der Waals surface area contributed by atoms with Crippen molar-refractivity contribution in [2.45, 2.75) is 33.6 Å². The van der Waals surface area contributed by atoms with Crippen LogP contribution in [0.5, 0.6) is 5.75 Å². The van der Waals surface area contributed by atoms with Gasteiger partial charge in [-0.15, -0.1) is 0 Å². The predicted octanol–water partition coefficient (Wildman–Crippen LogP) is 2.60. The molecule has 0 bridgehead atoms. The molecule has 1 rings (SSSR count). The lowest BCUT2D eigenvalue weighted by atomic mass is 10.1. The lowest BCUT2D eigenvalue weighted by Crippen LogP contribution is -2.34. The molecule has 0 heterocycles. The van der Waals surface area contributed by atoms with Crippen LogP contribution < -0.4 is 15.0 Å². The van der Waals surface area contributed by atoms with Crippen LogP contribution in [0.15, 0.2) is 24.3 Å². The summed E-state index contributed by atoms with van der Waals surface area (Å²) in [6, 6.07) is 7.23. The van der Waals surface area contributed by atoms with Gasteiger partial charge in [0.2, 0.25) is 11.8 Å². The average Bonchev–Trinajstić information content (AvgIpc) is 2.47. The zero-order valence-electron chi connectivity index (χ0n) is 13.9. The fourth-order valence-electron chi connectivity index (χ4n) is 2.03. The summed E-state index contributed by atoms with van der Waals surface area (Å²) in [5.41, 5.74) is 0.767. The van der Waals surface area contributed by atoms with Crippen LogP contribution >= 0.6 is 0 Å². The number of amides is 2. The third-order valence-electron chi connectivity index (χ3n) is 3.37. The highest BCUT2D eigenvalue weighted by atomic mass is 16.5. The fourth-order valence-corrected chi connectivity index (χ4v) is 2.03. The second-order valence-corrected chi connectivity index (χ2v) is 5.65. The summed E-state index contributed by atoms with van der Waals surface area (Å²) in [5, 5.41) is 2.88. The van der Waals surface area contributed by atoms with E-state index in [4.69, 9.17) is 4.74 Å². The van der Waals surface area contributed by atoms with Crippen molar-refractivity contribution in [3.8, 4) is 5.75 Å². The van der Waals surface area contributed by atoms with Crippen LogP contribution in [-0.2, 0) is 9.59 Å². The molecule has 0 unspecified atom stereocenters. The van der Waals surface area contributed by atoms with E-state index < -0.39 is 0 Å². The SMILES string of the molecule is COc1ccc(N(CCC(=O)NCCC(C)C)C(C)=O)cc1. The standard InChI is InChI=1S/C17H26N2O3/c1-13(2)9-11-18-17(21)10-12-19(14(3)20)15-5-7-16(22-4)8-6-15/h5-8,13H,9-12H2,1-4H3,(H,18,21). The Kier molecular flexibility index (Phi) is 7.43. The molecular weight excluding hydrogens is 280 g/mol. The lowest BCUT2D eigenvalue weighted by Gasteiger charge is -2.21. The van der Waals surface area contributed by atoms with Crippen LogP contribution in [0.1, 0.15) is 33.6 Å². The van der Waals surface area contributed by atoms with E-state index >= 15 is 0 Å². The highest BCUT2D eigenvalue weighted by molar-refractivity contribution is 5.92. The molecule has 0 fully saturated rings. The van der Waals surface area contributed by atoms with Crippen molar-refractivity contribution < 1.29 is 14.3 Å². The van der Waals surface area contributed by atoms with Gasteiger partial charge < -0.3 is 15.0 Å². The summed E-state index contributed by atoms with van der Waals surface area (Å²) in [4.78, 5) is 25.2. The van der Waals surface area contributed by atoms with Crippen molar-refractivity contribution in [3.63, 3.8) is 0 Å². The topological polar surface area (TPSA) is 58.6 Å². The smallest absolute Gasteiger partial charge is 0.223 e. The maximum Gasteiger partial charge on any atom is 0.223 e. The van der Waals surface area contributed by atoms with Crippen molar-refractivity contribution in [1.82, 2.24) is 5.32 Å². The highest BCUT2D eigenvalue weighted by Crippen LogP contribution is 2.19. The first-order valence-electron chi connectivity index (χ1n) is 7.63. The Morgan fingerprint density at radius 2 is 1.86 bits per heavy atom. The van der Waals surface area contributed by atoms with Gasteiger partial charge in [0.05, 0.1) is 7.11 Å². The molecule has 0 radical (unpaired) electrons. The number of benzene rings is 1. The van der Waals surface area contributed by atoms with Crippen molar-refractivity contribution in [1.29, 1.82) is 0 Å². The molecule has 0 atom stereocenters. The molecule has 0 aliphatic carbocycles. The number of ether oxygens (including phenoxy) is 1. The number of nitrogens with zero attached hydrogens (tertiary/aromatic N) is 1. The fraction of sp³-hybridized carbons (Fsp3) is 0.529. The van der Waals surface area contributed by atoms with E-state index in [1.807, 2.05) is 12.1 Å². The Hall–Kier alpha value is -2.04. The minimum Gasteiger partial charge on any atom is -0.497 e. The first kappa shape index (κ1) is 18.0. The molecule has 1 aromatic rings. The molecule has 0 spiro atoms. The third kappa shape index (κ3) is 6.16. The van der Waals surface area contributed by atoms with E-state index in [0.717, 1.165) is 17.9 Å². The predicted molar refractivity (Wildman–Crippen MR) is 88.1 cm³/mol. The van der Waals surface area contributed by atoms with Gasteiger partial charge in [0, 0.05) is 32.1 Å². The van der Waals surface area contributed by atoms with Crippen LogP contribution in [0, 0.1) is 5.92 Å². The molecule has 0 aromatic heterocycles. The maximum atomic E-state index is 11.8. The Morgan fingerprint density at radius 1 is 1.23 bits per heavy atom. The van der Waals surface area contributed by atoms with Gasteiger partial charge in [-0.25, -0.2) is 0 Å². The molecule has 0 saturated carbocycles. The molecule has 1 aromatic carbocycles. The normalized spacial score (nSPS) is 10.4. The van der Waals surface area contributed by atoms with E-state index in [2.05, 4.69) is 19.2 Å². The number of rotatable bonds is 8. The number of anilines is 1. The number of carbonyl (C=O) groups is 2. The largest absolute Gasteiger partial charge is 0.497 e. The summed E-state index contributed by atoms with van der Waals surface area (Å²) < 4.78 is 5.10. The average molecular weight is 306 g/mol. The van der Waals surface area contributed by atoms with Crippen LogP contribution in [0.2, 0.25) is 0 Å². The second-order valence-electron chi connectivity index (χ2n) is 5.65. The van der Waals surface area contributed by atoms with Crippen molar-refractivity contribution in [2.75, 3.05) is 25.1 Å². The number of carbonyl (C=O) groups excluding carboxylic acids is 2. The van der Waals surface area contributed by atoms with E-state index in [9.17, 15) is 9.59 Å². The van der Waals surface area contributed by atoms with E-state index in [1.165, 1.54) is 6.92 Å². The number of hydrogen-bond acceptors (Lipinski definition) is 3. The zero-order chi connectivity index (χ0) is 16.5. The van der Waals surface area contributed by atoms with Gasteiger partial charge in [0.15, 0.2) is 0 Å². The molecular formula is C17H26N2O3. The molecule has 1 N–H and O–H groups in total. The van der Waals surface area contributed by atoms with Gasteiger partial charge in [0.25, 0.3) is 0 Å². The first-order valence-corrected chi connectivity index (χ1v) is 7.63. The Balaban J connectivity index is 2.53. The maximum absolute atomic E-state index is 11.8. The summed E-state index contributed by atoms with van der Waals surface area (Å²) in [6.07, 6.45) is 1.25. The van der Waals surface area contributed by atoms with Gasteiger partial charge in [-0.1, -0.05) is 13.8 Å². The molecule has 0 aliphatic rings. The van der Waals surface area contributed by atoms with Crippen LogP contribution in [0.3, 0.4) is 0 Å².